The van der Waals surface area contributed by atoms with Crippen LogP contribution in [0.25, 0.3) is 0 Å². The molecule has 9 N–H and O–H groups in total. The number of nitrogens with two attached hydrogens (primary N) is 2. The van der Waals surface area contributed by atoms with Gasteiger partial charge in [-0.25, -0.2) is 4.79 Å². The molecule has 13 heteroatoms. The van der Waals surface area contributed by atoms with Crippen LogP contribution in [0.3, 0.4) is 0 Å². The Morgan fingerprint density at radius 1 is 1.11 bits per heavy atom. The Bertz CT molecular complexity index is 952. The third kappa shape index (κ3) is 7.65. The summed E-state index contributed by atoms with van der Waals surface area (Å²) in [5.74, 6) is -4.49. The molecular formula is C22H31N5O8. The third-order valence-electron chi connectivity index (χ3n) is 5.67. The zero-order valence-electron chi connectivity index (χ0n) is 19.2. The monoisotopic (exact) mass is 493 g/mol. The molecule has 4 amide bonds. The number of carbonyl (C=O) groups is 5. The zero-order valence-corrected chi connectivity index (χ0v) is 19.2. The second-order valence-corrected chi connectivity index (χ2v) is 8.46. The molecule has 0 bridgehead atoms. The van der Waals surface area contributed by atoms with E-state index in [9.17, 15) is 39.3 Å². The van der Waals surface area contributed by atoms with Gasteiger partial charge in [0.2, 0.25) is 23.6 Å². The van der Waals surface area contributed by atoms with Crippen LogP contribution in [-0.2, 0) is 30.4 Å². The summed E-state index contributed by atoms with van der Waals surface area (Å²) in [4.78, 5) is 62.5. The number of hydrogen-bond donors (Lipinski definition) is 7. The highest BCUT2D eigenvalue weighted by molar-refractivity contribution is 5.95. The van der Waals surface area contributed by atoms with Crippen molar-refractivity contribution >= 4 is 29.6 Å². The lowest BCUT2D eigenvalue weighted by molar-refractivity contribution is -0.146. The third-order valence-corrected chi connectivity index (χ3v) is 5.67. The Balaban J connectivity index is 2.24. The number of hydrogen-bond acceptors (Lipinski definition) is 8. The number of benzene rings is 1. The summed E-state index contributed by atoms with van der Waals surface area (Å²) in [6.45, 7) is 1.50. The van der Waals surface area contributed by atoms with Crippen molar-refractivity contribution in [3.63, 3.8) is 0 Å². The molecule has 2 rings (SSSR count). The van der Waals surface area contributed by atoms with E-state index in [2.05, 4.69) is 10.6 Å². The number of aliphatic carboxylic acids is 1. The molecule has 0 spiro atoms. The Morgan fingerprint density at radius 3 is 2.29 bits per heavy atom. The number of aliphatic hydroxyl groups is 1. The lowest BCUT2D eigenvalue weighted by atomic mass is 10.0. The van der Waals surface area contributed by atoms with Crippen molar-refractivity contribution in [2.75, 3.05) is 6.54 Å². The summed E-state index contributed by atoms with van der Waals surface area (Å²) in [6, 6.07) is 0.918. The van der Waals surface area contributed by atoms with Gasteiger partial charge in [-0.2, -0.15) is 0 Å². The first-order chi connectivity index (χ1) is 16.4. The largest absolute Gasteiger partial charge is 0.508 e. The number of nitrogens with one attached hydrogen (secondary N) is 2. The SMILES string of the molecule is C[C@@H](O)[C@H](N)C(=O)N[C@@H](Cc1ccc(O)cc1)C(=O)N1CCC[C@H]1C(=O)N[C@@H](CC(N)=O)C(=O)O. The number of likely N-dealkylation sites (tertiary alicyclic amines) is 1. The average Bonchev–Trinajstić information content (AvgIpc) is 3.28. The number of amides is 4. The van der Waals surface area contributed by atoms with E-state index in [0.717, 1.165) is 0 Å². The van der Waals surface area contributed by atoms with Crippen LogP contribution in [0.5, 0.6) is 5.75 Å². The van der Waals surface area contributed by atoms with Gasteiger partial charge in [0.05, 0.1) is 12.5 Å². The summed E-state index contributed by atoms with van der Waals surface area (Å²) in [6.07, 6.45) is -1.10. The lowest BCUT2D eigenvalue weighted by Gasteiger charge is -2.30. The van der Waals surface area contributed by atoms with Crippen LogP contribution in [0.1, 0.15) is 31.7 Å². The second-order valence-electron chi connectivity index (χ2n) is 8.46. The minimum Gasteiger partial charge on any atom is -0.508 e. The van der Waals surface area contributed by atoms with Crippen LogP contribution in [-0.4, -0.2) is 86.6 Å². The van der Waals surface area contributed by atoms with Crippen molar-refractivity contribution in [2.45, 2.75) is 62.9 Å². The smallest absolute Gasteiger partial charge is 0.326 e. The van der Waals surface area contributed by atoms with Gasteiger partial charge in [0.1, 0.15) is 29.9 Å². The molecule has 1 aromatic rings. The minimum atomic E-state index is -1.55. The van der Waals surface area contributed by atoms with Crippen LogP contribution < -0.4 is 22.1 Å². The average molecular weight is 494 g/mol. The molecule has 1 saturated heterocycles. The second kappa shape index (κ2) is 12.1. The van der Waals surface area contributed by atoms with E-state index in [-0.39, 0.29) is 25.1 Å². The van der Waals surface area contributed by atoms with Crippen LogP contribution in [0.2, 0.25) is 0 Å². The van der Waals surface area contributed by atoms with Gasteiger partial charge in [0.25, 0.3) is 0 Å². The maximum atomic E-state index is 13.4. The van der Waals surface area contributed by atoms with Crippen LogP contribution in [0, 0.1) is 0 Å². The molecule has 0 aromatic heterocycles. The first kappa shape index (κ1) is 27.5. The van der Waals surface area contributed by atoms with Crippen molar-refractivity contribution < 1.29 is 39.3 Å². The first-order valence-corrected chi connectivity index (χ1v) is 11.0. The molecule has 1 aromatic carbocycles. The van der Waals surface area contributed by atoms with Crippen LogP contribution >= 0.6 is 0 Å². The van der Waals surface area contributed by atoms with Gasteiger partial charge in [-0.1, -0.05) is 12.1 Å². The van der Waals surface area contributed by atoms with Gasteiger partial charge >= 0.3 is 5.97 Å². The molecule has 192 valence electrons. The number of phenolic OH excluding ortho intramolecular Hbond substituents is 1. The van der Waals surface area contributed by atoms with E-state index >= 15 is 0 Å². The summed E-state index contributed by atoms with van der Waals surface area (Å²) >= 11 is 0. The number of aromatic hydroxyl groups is 1. The maximum absolute atomic E-state index is 13.4. The van der Waals surface area contributed by atoms with E-state index in [1.165, 1.54) is 24.0 Å². The zero-order chi connectivity index (χ0) is 26.3. The highest BCUT2D eigenvalue weighted by Gasteiger charge is 2.39. The molecule has 1 aliphatic heterocycles. The number of carboxylic acids is 1. The van der Waals surface area contributed by atoms with Gasteiger partial charge < -0.3 is 42.3 Å². The quantitative estimate of drug-likeness (QED) is 0.174. The highest BCUT2D eigenvalue weighted by atomic mass is 16.4. The number of rotatable bonds is 11. The fourth-order valence-electron chi connectivity index (χ4n) is 3.73. The molecule has 0 unspecified atom stereocenters. The van der Waals surface area contributed by atoms with Gasteiger partial charge in [-0.05, 0) is 37.5 Å². The molecule has 0 radical (unpaired) electrons. The molecule has 5 atom stereocenters. The van der Waals surface area contributed by atoms with Crippen molar-refractivity contribution in [2.24, 2.45) is 11.5 Å². The Hall–Kier alpha value is -3.71. The van der Waals surface area contributed by atoms with Gasteiger partial charge in [-0.15, -0.1) is 0 Å². The molecule has 13 nitrogen and oxygen atoms in total. The molecular weight excluding hydrogens is 462 g/mol. The number of primary amides is 1. The molecule has 1 heterocycles. The van der Waals surface area contributed by atoms with Crippen molar-refractivity contribution in [1.82, 2.24) is 15.5 Å². The topological polar surface area (TPSA) is 225 Å². The number of carbonyl (C=O) groups excluding carboxylic acids is 4. The van der Waals surface area contributed by atoms with E-state index in [1.807, 2.05) is 0 Å². The maximum Gasteiger partial charge on any atom is 0.326 e. The van der Waals surface area contributed by atoms with Crippen LogP contribution in [0.15, 0.2) is 24.3 Å². The normalized spacial score (nSPS) is 18.7. The number of aliphatic hydroxyl groups excluding tert-OH is 1. The van der Waals surface area contributed by atoms with Crippen LogP contribution in [0.4, 0.5) is 0 Å². The van der Waals surface area contributed by atoms with E-state index in [1.54, 1.807) is 12.1 Å². The van der Waals surface area contributed by atoms with E-state index in [0.29, 0.717) is 12.0 Å². The summed E-state index contributed by atoms with van der Waals surface area (Å²) in [7, 11) is 0. The summed E-state index contributed by atoms with van der Waals surface area (Å²) in [5.41, 5.74) is 11.3. The molecule has 0 aliphatic carbocycles. The summed E-state index contributed by atoms with van der Waals surface area (Å²) in [5, 5.41) is 33.2. The Labute approximate surface area is 201 Å². The highest BCUT2D eigenvalue weighted by Crippen LogP contribution is 2.21. The number of carboxylic acid groups (broad SMARTS) is 1. The standard InChI is InChI=1S/C22H31N5O8/c1-11(28)18(24)20(32)25-14(9-12-4-6-13(29)7-5-12)21(33)27-8-2-3-16(27)19(31)26-15(22(34)35)10-17(23)30/h4-7,11,14-16,18,28-29H,2-3,8-10,24H2,1H3,(H2,23,30)(H,25,32)(H,26,31)(H,34,35)/t11-,14+,15+,16+,18+/m1/s1. The van der Waals surface area contributed by atoms with E-state index in [4.69, 9.17) is 11.5 Å². The first-order valence-electron chi connectivity index (χ1n) is 11.0. The fourth-order valence-corrected chi connectivity index (χ4v) is 3.73. The molecule has 1 fully saturated rings. The fraction of sp³-hybridized carbons (Fsp3) is 0.500. The summed E-state index contributed by atoms with van der Waals surface area (Å²) < 4.78 is 0. The predicted octanol–water partition coefficient (Wildman–Crippen LogP) is -2.44. The molecule has 35 heavy (non-hydrogen) atoms. The van der Waals surface area contributed by atoms with Gasteiger partial charge in [0, 0.05) is 13.0 Å². The Kier molecular flexibility index (Phi) is 9.54. The van der Waals surface area contributed by atoms with Crippen molar-refractivity contribution in [3.05, 3.63) is 29.8 Å². The van der Waals surface area contributed by atoms with Gasteiger partial charge in [-0.3, -0.25) is 19.2 Å². The number of phenols is 1. The molecule has 1 aliphatic rings. The van der Waals surface area contributed by atoms with Crippen molar-refractivity contribution in [1.29, 1.82) is 0 Å². The number of nitrogens with zero attached hydrogens (tertiary/aromatic N) is 1. The predicted molar refractivity (Wildman–Crippen MR) is 122 cm³/mol. The molecule has 0 saturated carbocycles. The van der Waals surface area contributed by atoms with Crippen molar-refractivity contribution in [3.8, 4) is 5.75 Å². The lowest BCUT2D eigenvalue weighted by Crippen LogP contribution is -2.58. The minimum absolute atomic E-state index is 0.00164. The van der Waals surface area contributed by atoms with Gasteiger partial charge in [0.15, 0.2) is 0 Å². The van der Waals surface area contributed by atoms with E-state index < -0.39 is 66.3 Å². The Morgan fingerprint density at radius 2 is 1.74 bits per heavy atom.